The Morgan fingerprint density at radius 3 is 2.95 bits per heavy atom. The molecule has 1 saturated heterocycles. The van der Waals surface area contributed by atoms with Crippen molar-refractivity contribution in [3.05, 3.63) is 40.3 Å². The summed E-state index contributed by atoms with van der Waals surface area (Å²) < 4.78 is 10.9. The first-order chi connectivity index (χ1) is 10.3. The molecule has 0 bridgehead atoms. The smallest absolute Gasteiger partial charge is 0.183 e. The molecular formula is C16H20N2O2S. The number of pyridine rings is 1. The molecular weight excluding hydrogens is 284 g/mol. The molecule has 0 amide bonds. The molecule has 3 heterocycles. The first kappa shape index (κ1) is 14.4. The number of thiophene rings is 1. The third kappa shape index (κ3) is 2.89. The topological polar surface area (TPSA) is 34.6 Å². The number of hydrogen-bond donors (Lipinski definition) is 0. The minimum absolute atomic E-state index is 0.494. The highest BCUT2D eigenvalue weighted by atomic mass is 32.1. The summed E-state index contributed by atoms with van der Waals surface area (Å²) in [5.74, 6) is 1.49. The van der Waals surface area contributed by atoms with Gasteiger partial charge in [-0.2, -0.15) is 11.3 Å². The van der Waals surface area contributed by atoms with Gasteiger partial charge in [0.2, 0.25) is 0 Å². The Kier molecular flexibility index (Phi) is 4.41. The SMILES string of the molecule is COc1ccnc(CN2CCC[C@@H]2c2ccsc2)c1OC. The van der Waals surface area contributed by atoms with E-state index in [2.05, 4.69) is 26.7 Å². The van der Waals surface area contributed by atoms with Gasteiger partial charge in [0.25, 0.3) is 0 Å². The van der Waals surface area contributed by atoms with Crippen LogP contribution in [-0.2, 0) is 6.54 Å². The van der Waals surface area contributed by atoms with Crippen LogP contribution < -0.4 is 9.47 Å². The van der Waals surface area contributed by atoms with Gasteiger partial charge in [0.1, 0.15) is 5.69 Å². The summed E-state index contributed by atoms with van der Waals surface area (Å²) in [5.41, 5.74) is 2.36. The molecule has 4 nitrogen and oxygen atoms in total. The van der Waals surface area contributed by atoms with Crippen LogP contribution >= 0.6 is 11.3 Å². The summed E-state index contributed by atoms with van der Waals surface area (Å²) in [7, 11) is 3.33. The number of aromatic nitrogens is 1. The standard InChI is InChI=1S/C16H20N2O2S/c1-19-15-5-7-17-13(16(15)20-2)10-18-8-3-4-14(18)12-6-9-21-11-12/h5-7,9,11,14H,3-4,8,10H2,1-2H3/t14-/m1/s1. The Morgan fingerprint density at radius 1 is 1.33 bits per heavy atom. The Morgan fingerprint density at radius 2 is 2.24 bits per heavy atom. The summed E-state index contributed by atoms with van der Waals surface area (Å²) >= 11 is 1.76. The van der Waals surface area contributed by atoms with E-state index < -0.39 is 0 Å². The predicted octanol–water partition coefficient (Wildman–Crippen LogP) is 3.50. The summed E-state index contributed by atoms with van der Waals surface area (Å²) in [4.78, 5) is 6.97. The van der Waals surface area contributed by atoms with E-state index in [1.807, 2.05) is 6.07 Å². The van der Waals surface area contributed by atoms with Gasteiger partial charge in [0.05, 0.1) is 14.2 Å². The fourth-order valence-electron chi connectivity index (χ4n) is 3.01. The lowest BCUT2D eigenvalue weighted by molar-refractivity contribution is 0.240. The molecule has 0 aromatic carbocycles. The van der Waals surface area contributed by atoms with Gasteiger partial charge in [0, 0.05) is 24.8 Å². The van der Waals surface area contributed by atoms with Crippen molar-refractivity contribution in [2.45, 2.75) is 25.4 Å². The molecule has 1 fully saturated rings. The molecule has 2 aromatic rings. The van der Waals surface area contributed by atoms with Crippen molar-refractivity contribution in [1.82, 2.24) is 9.88 Å². The van der Waals surface area contributed by atoms with Crippen LogP contribution in [0.25, 0.3) is 0 Å². The van der Waals surface area contributed by atoms with Crippen molar-refractivity contribution in [2.75, 3.05) is 20.8 Å². The maximum atomic E-state index is 5.49. The maximum absolute atomic E-state index is 5.49. The van der Waals surface area contributed by atoms with Crippen LogP contribution in [0, 0.1) is 0 Å². The second kappa shape index (κ2) is 6.45. The van der Waals surface area contributed by atoms with Gasteiger partial charge >= 0.3 is 0 Å². The molecule has 3 rings (SSSR count). The maximum Gasteiger partial charge on any atom is 0.183 e. The van der Waals surface area contributed by atoms with Crippen molar-refractivity contribution in [2.24, 2.45) is 0 Å². The lowest BCUT2D eigenvalue weighted by Gasteiger charge is -2.24. The number of rotatable bonds is 5. The highest BCUT2D eigenvalue weighted by molar-refractivity contribution is 7.07. The normalized spacial score (nSPS) is 18.9. The molecule has 112 valence electrons. The van der Waals surface area contributed by atoms with E-state index in [1.165, 1.54) is 18.4 Å². The molecule has 0 saturated carbocycles. The number of hydrogen-bond acceptors (Lipinski definition) is 5. The Labute approximate surface area is 129 Å². The lowest BCUT2D eigenvalue weighted by atomic mass is 10.1. The fraction of sp³-hybridized carbons (Fsp3) is 0.438. The third-order valence-corrected chi connectivity index (χ3v) is 4.71. The van der Waals surface area contributed by atoms with Crippen molar-refractivity contribution in [3.63, 3.8) is 0 Å². The average Bonchev–Trinajstić information content (AvgIpc) is 3.17. The lowest BCUT2D eigenvalue weighted by Crippen LogP contribution is -2.23. The van der Waals surface area contributed by atoms with Gasteiger partial charge in [-0.3, -0.25) is 9.88 Å². The molecule has 21 heavy (non-hydrogen) atoms. The van der Waals surface area contributed by atoms with Crippen LogP contribution in [0.4, 0.5) is 0 Å². The summed E-state index contributed by atoms with van der Waals surface area (Å²) in [6.45, 7) is 1.89. The van der Waals surface area contributed by atoms with E-state index >= 15 is 0 Å². The summed E-state index contributed by atoms with van der Waals surface area (Å²) in [6, 6.07) is 4.56. The minimum atomic E-state index is 0.494. The van der Waals surface area contributed by atoms with Gasteiger partial charge < -0.3 is 9.47 Å². The number of methoxy groups -OCH3 is 2. The van der Waals surface area contributed by atoms with Gasteiger partial charge in [-0.05, 0) is 41.8 Å². The van der Waals surface area contributed by atoms with Crippen LogP contribution in [0.5, 0.6) is 11.5 Å². The number of likely N-dealkylation sites (tertiary alicyclic amines) is 1. The number of nitrogens with zero attached hydrogens (tertiary/aromatic N) is 2. The van der Waals surface area contributed by atoms with Gasteiger partial charge in [-0.25, -0.2) is 0 Å². The quantitative estimate of drug-likeness (QED) is 0.847. The van der Waals surface area contributed by atoms with Crippen LogP contribution in [0.3, 0.4) is 0 Å². The van der Waals surface area contributed by atoms with Crippen LogP contribution in [0.2, 0.25) is 0 Å². The monoisotopic (exact) mass is 304 g/mol. The zero-order chi connectivity index (χ0) is 14.7. The molecule has 1 aliphatic rings. The highest BCUT2D eigenvalue weighted by Crippen LogP contribution is 2.36. The largest absolute Gasteiger partial charge is 0.493 e. The predicted molar refractivity (Wildman–Crippen MR) is 84.0 cm³/mol. The molecule has 0 spiro atoms. The second-order valence-electron chi connectivity index (χ2n) is 5.18. The highest BCUT2D eigenvalue weighted by Gasteiger charge is 2.27. The molecule has 2 aromatic heterocycles. The fourth-order valence-corrected chi connectivity index (χ4v) is 3.72. The van der Waals surface area contributed by atoms with Gasteiger partial charge in [0.15, 0.2) is 11.5 Å². The molecule has 0 aliphatic carbocycles. The molecule has 5 heteroatoms. The van der Waals surface area contributed by atoms with Gasteiger partial charge in [-0.15, -0.1) is 0 Å². The second-order valence-corrected chi connectivity index (χ2v) is 5.96. The van der Waals surface area contributed by atoms with Crippen LogP contribution in [0.15, 0.2) is 29.1 Å². The molecule has 0 N–H and O–H groups in total. The molecule has 1 atom stereocenters. The van der Waals surface area contributed by atoms with Crippen molar-refractivity contribution >= 4 is 11.3 Å². The van der Waals surface area contributed by atoms with E-state index in [1.54, 1.807) is 31.8 Å². The zero-order valence-electron chi connectivity index (χ0n) is 12.4. The van der Waals surface area contributed by atoms with E-state index in [0.29, 0.717) is 6.04 Å². The first-order valence-corrected chi connectivity index (χ1v) is 8.09. The summed E-state index contributed by atoms with van der Waals surface area (Å²) in [5, 5.41) is 4.40. The average molecular weight is 304 g/mol. The van der Waals surface area contributed by atoms with Crippen LogP contribution in [0.1, 0.15) is 30.1 Å². The molecule has 0 unspecified atom stereocenters. The molecule has 0 radical (unpaired) electrons. The Hall–Kier alpha value is -1.59. The zero-order valence-corrected chi connectivity index (χ0v) is 13.2. The Balaban J connectivity index is 1.83. The Bertz CT molecular complexity index is 586. The van der Waals surface area contributed by atoms with E-state index in [0.717, 1.165) is 30.3 Å². The van der Waals surface area contributed by atoms with Crippen LogP contribution in [-0.4, -0.2) is 30.6 Å². The first-order valence-electron chi connectivity index (χ1n) is 7.15. The van der Waals surface area contributed by atoms with E-state index in [-0.39, 0.29) is 0 Å². The van der Waals surface area contributed by atoms with Crippen molar-refractivity contribution < 1.29 is 9.47 Å². The van der Waals surface area contributed by atoms with Crippen molar-refractivity contribution in [1.29, 1.82) is 0 Å². The van der Waals surface area contributed by atoms with Gasteiger partial charge in [-0.1, -0.05) is 0 Å². The third-order valence-electron chi connectivity index (χ3n) is 4.01. The van der Waals surface area contributed by atoms with Crippen molar-refractivity contribution in [3.8, 4) is 11.5 Å². The molecule has 1 aliphatic heterocycles. The van der Waals surface area contributed by atoms with E-state index in [4.69, 9.17) is 9.47 Å². The van der Waals surface area contributed by atoms with E-state index in [9.17, 15) is 0 Å². The number of ether oxygens (including phenoxy) is 2. The summed E-state index contributed by atoms with van der Waals surface area (Å²) in [6.07, 6.45) is 4.22. The minimum Gasteiger partial charge on any atom is -0.493 e.